The van der Waals surface area contributed by atoms with Crippen molar-refractivity contribution in [2.24, 2.45) is 11.7 Å². The summed E-state index contributed by atoms with van der Waals surface area (Å²) < 4.78 is 0. The van der Waals surface area contributed by atoms with Crippen molar-refractivity contribution in [1.82, 2.24) is 0 Å². The van der Waals surface area contributed by atoms with E-state index in [0.717, 1.165) is 30.5 Å². The van der Waals surface area contributed by atoms with Gasteiger partial charge in [0.15, 0.2) is 0 Å². The lowest BCUT2D eigenvalue weighted by molar-refractivity contribution is -0.121. The van der Waals surface area contributed by atoms with Gasteiger partial charge in [-0.15, -0.1) is 0 Å². The molecule has 1 aromatic carbocycles. The Morgan fingerprint density at radius 3 is 2.82 bits per heavy atom. The maximum atomic E-state index is 11.1. The molecule has 2 rings (SSSR count). The van der Waals surface area contributed by atoms with E-state index in [-0.39, 0.29) is 11.8 Å². The van der Waals surface area contributed by atoms with Crippen molar-refractivity contribution < 1.29 is 9.59 Å². The summed E-state index contributed by atoms with van der Waals surface area (Å²) in [6, 6.07) is 5.71. The third kappa shape index (κ3) is 2.30. The summed E-state index contributed by atoms with van der Waals surface area (Å²) in [6.07, 6.45) is 1.67. The molecule has 0 aromatic heterocycles. The van der Waals surface area contributed by atoms with Gasteiger partial charge in [0.05, 0.1) is 5.92 Å². The third-order valence-corrected chi connectivity index (χ3v) is 3.34. The number of aryl methyl sites for hydroxylation is 1. The molecule has 1 amide bonds. The lowest BCUT2D eigenvalue weighted by Gasteiger charge is -2.19. The highest BCUT2D eigenvalue weighted by molar-refractivity contribution is 5.80. The van der Waals surface area contributed by atoms with Gasteiger partial charge in [-0.2, -0.15) is 0 Å². The first kappa shape index (κ1) is 11.6. The van der Waals surface area contributed by atoms with Gasteiger partial charge in [-0.25, -0.2) is 0 Å². The van der Waals surface area contributed by atoms with Crippen molar-refractivity contribution in [1.29, 1.82) is 0 Å². The van der Waals surface area contributed by atoms with Crippen LogP contribution in [0.2, 0.25) is 0 Å². The van der Waals surface area contributed by atoms with Crippen LogP contribution in [0.15, 0.2) is 18.2 Å². The van der Waals surface area contributed by atoms with Crippen LogP contribution in [-0.2, 0) is 4.79 Å². The molecule has 1 aromatic rings. The smallest absolute Gasteiger partial charge is 0.222 e. The normalized spacial score (nSPS) is 19.4. The summed E-state index contributed by atoms with van der Waals surface area (Å²) in [4.78, 5) is 24.0. The van der Waals surface area contributed by atoms with Crippen LogP contribution >= 0.6 is 0 Å². The summed E-state index contributed by atoms with van der Waals surface area (Å²) in [5.41, 5.74) is 8.02. The molecule has 1 atom stereocenters. The minimum absolute atomic E-state index is 0.0546. The van der Waals surface area contributed by atoms with Gasteiger partial charge in [0.2, 0.25) is 5.91 Å². The van der Waals surface area contributed by atoms with Gasteiger partial charge in [-0.05, 0) is 37.1 Å². The molecule has 0 aliphatic carbocycles. The topological polar surface area (TPSA) is 63.4 Å². The number of hydrogen-bond donors (Lipinski definition) is 1. The zero-order valence-electron chi connectivity index (χ0n) is 9.85. The van der Waals surface area contributed by atoms with Crippen LogP contribution in [0, 0.1) is 12.8 Å². The monoisotopic (exact) mass is 232 g/mol. The van der Waals surface area contributed by atoms with Crippen LogP contribution < -0.4 is 10.6 Å². The van der Waals surface area contributed by atoms with Crippen LogP contribution in [0.3, 0.4) is 0 Å². The van der Waals surface area contributed by atoms with E-state index in [1.54, 1.807) is 0 Å². The molecule has 1 aliphatic heterocycles. The molecular formula is C13H16N2O2. The van der Waals surface area contributed by atoms with Crippen molar-refractivity contribution in [3.63, 3.8) is 0 Å². The number of nitrogens with zero attached hydrogens (tertiary/aromatic N) is 1. The Labute approximate surface area is 100 Å². The van der Waals surface area contributed by atoms with Gasteiger partial charge < -0.3 is 10.6 Å². The lowest BCUT2D eigenvalue weighted by atomic mass is 10.1. The molecule has 17 heavy (non-hydrogen) atoms. The molecule has 1 fully saturated rings. The van der Waals surface area contributed by atoms with Gasteiger partial charge in [-0.1, -0.05) is 0 Å². The van der Waals surface area contributed by atoms with Crippen molar-refractivity contribution in [2.45, 2.75) is 13.3 Å². The fourth-order valence-corrected chi connectivity index (χ4v) is 2.22. The average Bonchev–Trinajstić information content (AvgIpc) is 2.78. The van der Waals surface area contributed by atoms with E-state index in [2.05, 4.69) is 4.90 Å². The Hall–Kier alpha value is -1.84. The summed E-state index contributed by atoms with van der Waals surface area (Å²) >= 11 is 0. The number of carbonyl (C=O) groups excluding carboxylic acids is 2. The molecular weight excluding hydrogens is 216 g/mol. The number of nitrogens with two attached hydrogens (primary N) is 1. The molecule has 4 nitrogen and oxygen atoms in total. The summed E-state index contributed by atoms with van der Waals surface area (Å²) in [7, 11) is 0. The first-order valence-electron chi connectivity index (χ1n) is 5.72. The number of hydrogen-bond acceptors (Lipinski definition) is 3. The molecule has 0 radical (unpaired) electrons. The van der Waals surface area contributed by atoms with Crippen molar-refractivity contribution in [3.05, 3.63) is 29.3 Å². The minimum atomic E-state index is -0.228. The molecule has 90 valence electrons. The lowest BCUT2D eigenvalue weighted by Crippen LogP contribution is -2.27. The Morgan fingerprint density at radius 2 is 2.29 bits per heavy atom. The number of benzene rings is 1. The van der Waals surface area contributed by atoms with E-state index in [4.69, 9.17) is 5.73 Å². The molecule has 0 spiro atoms. The number of rotatable bonds is 3. The summed E-state index contributed by atoms with van der Waals surface area (Å²) in [6.45, 7) is 3.43. The molecule has 1 saturated heterocycles. The number of carbonyl (C=O) groups is 2. The van der Waals surface area contributed by atoms with Gasteiger partial charge >= 0.3 is 0 Å². The van der Waals surface area contributed by atoms with E-state index in [0.29, 0.717) is 12.1 Å². The Balaban J connectivity index is 2.16. The molecule has 0 bridgehead atoms. The Kier molecular flexibility index (Phi) is 3.13. The number of anilines is 1. The zero-order chi connectivity index (χ0) is 12.4. The fraction of sp³-hybridized carbons (Fsp3) is 0.385. The standard InChI is InChI=1S/C13H16N2O2/c1-9-6-12(3-2-11(9)8-16)15-5-4-10(7-15)13(14)17/h2-3,6,8,10H,4-5,7H2,1H3,(H2,14,17). The Bertz CT molecular complexity index is 457. The van der Waals surface area contributed by atoms with E-state index >= 15 is 0 Å². The zero-order valence-corrected chi connectivity index (χ0v) is 9.85. The van der Waals surface area contributed by atoms with E-state index in [1.807, 2.05) is 25.1 Å². The summed E-state index contributed by atoms with van der Waals surface area (Å²) in [5.74, 6) is -0.283. The molecule has 1 heterocycles. The van der Waals surface area contributed by atoms with E-state index in [9.17, 15) is 9.59 Å². The predicted octanol–water partition coefficient (Wildman–Crippen LogP) is 1.12. The molecule has 2 N–H and O–H groups in total. The van der Waals surface area contributed by atoms with Crippen LogP contribution in [-0.4, -0.2) is 25.3 Å². The van der Waals surface area contributed by atoms with Gasteiger partial charge in [0.1, 0.15) is 6.29 Å². The van der Waals surface area contributed by atoms with Crippen LogP contribution in [0.25, 0.3) is 0 Å². The highest BCUT2D eigenvalue weighted by Crippen LogP contribution is 2.25. The summed E-state index contributed by atoms with van der Waals surface area (Å²) in [5, 5.41) is 0. The van der Waals surface area contributed by atoms with Gasteiger partial charge in [-0.3, -0.25) is 9.59 Å². The van der Waals surface area contributed by atoms with Crippen molar-refractivity contribution >= 4 is 17.9 Å². The number of amides is 1. The van der Waals surface area contributed by atoms with E-state index < -0.39 is 0 Å². The second-order valence-corrected chi connectivity index (χ2v) is 4.49. The second-order valence-electron chi connectivity index (χ2n) is 4.49. The predicted molar refractivity (Wildman–Crippen MR) is 66.1 cm³/mol. The number of aldehydes is 1. The fourth-order valence-electron chi connectivity index (χ4n) is 2.22. The largest absolute Gasteiger partial charge is 0.371 e. The molecule has 1 aliphatic rings. The van der Waals surface area contributed by atoms with Crippen LogP contribution in [0.4, 0.5) is 5.69 Å². The molecule has 1 unspecified atom stereocenters. The first-order valence-corrected chi connectivity index (χ1v) is 5.72. The maximum absolute atomic E-state index is 11.1. The second kappa shape index (κ2) is 4.57. The number of primary amides is 1. The quantitative estimate of drug-likeness (QED) is 0.794. The van der Waals surface area contributed by atoms with Crippen molar-refractivity contribution in [3.8, 4) is 0 Å². The van der Waals surface area contributed by atoms with E-state index in [1.165, 1.54) is 0 Å². The van der Waals surface area contributed by atoms with Gasteiger partial charge in [0.25, 0.3) is 0 Å². The maximum Gasteiger partial charge on any atom is 0.222 e. The SMILES string of the molecule is Cc1cc(N2CCC(C(N)=O)C2)ccc1C=O. The average molecular weight is 232 g/mol. The highest BCUT2D eigenvalue weighted by atomic mass is 16.1. The van der Waals surface area contributed by atoms with Crippen LogP contribution in [0.5, 0.6) is 0 Å². The Morgan fingerprint density at radius 1 is 1.53 bits per heavy atom. The van der Waals surface area contributed by atoms with Crippen LogP contribution in [0.1, 0.15) is 22.3 Å². The molecule has 0 saturated carbocycles. The third-order valence-electron chi connectivity index (χ3n) is 3.34. The highest BCUT2D eigenvalue weighted by Gasteiger charge is 2.26. The molecule has 4 heteroatoms. The first-order chi connectivity index (χ1) is 8.11. The van der Waals surface area contributed by atoms with Crippen molar-refractivity contribution in [2.75, 3.05) is 18.0 Å². The van der Waals surface area contributed by atoms with Gasteiger partial charge in [0, 0.05) is 24.3 Å². The minimum Gasteiger partial charge on any atom is -0.371 e.